The Morgan fingerprint density at radius 2 is 1.81 bits per heavy atom. The van der Waals surface area contributed by atoms with Gasteiger partial charge in [0.1, 0.15) is 11.9 Å². The van der Waals surface area contributed by atoms with Crippen molar-refractivity contribution in [2.45, 2.75) is 49.9 Å². The van der Waals surface area contributed by atoms with E-state index in [1.807, 2.05) is 31.4 Å². The molecule has 0 spiro atoms. The number of nitrogens with one attached hydrogen (secondary N) is 1. The lowest BCUT2D eigenvalue weighted by Gasteiger charge is -2.30. The molecule has 1 saturated carbocycles. The number of nitrogens with zero attached hydrogens (tertiary/aromatic N) is 3. The predicted molar refractivity (Wildman–Crippen MR) is 158 cm³/mol. The number of likely N-dealkylation sites (tertiary alicyclic amines) is 1. The smallest absolute Gasteiger partial charge is 0.349 e. The van der Waals surface area contributed by atoms with Crippen molar-refractivity contribution < 1.29 is 23.4 Å². The van der Waals surface area contributed by atoms with Gasteiger partial charge in [0.25, 0.3) is 5.91 Å². The Hall–Kier alpha value is -3.53. The number of hydrogen-bond acceptors (Lipinski definition) is 5. The average Bonchev–Trinajstić information content (AvgIpc) is 3.49. The maximum atomic E-state index is 15.5. The number of hydrogen-bond donors (Lipinski definition) is 2. The summed E-state index contributed by atoms with van der Waals surface area (Å²) in [7, 11) is 1.84. The normalized spacial score (nSPS) is 17.4. The molecule has 0 bridgehead atoms. The van der Waals surface area contributed by atoms with Crippen LogP contribution in [0.5, 0.6) is 5.75 Å². The summed E-state index contributed by atoms with van der Waals surface area (Å²) in [6, 6.07) is 15.4. The number of benzene rings is 3. The second kappa shape index (κ2) is 11.6. The van der Waals surface area contributed by atoms with E-state index in [-0.39, 0.29) is 12.6 Å². The van der Waals surface area contributed by atoms with E-state index in [1.165, 1.54) is 12.1 Å². The number of amides is 1. The summed E-state index contributed by atoms with van der Waals surface area (Å²) in [6.07, 6.45) is 4.72. The summed E-state index contributed by atoms with van der Waals surface area (Å²) < 4.78 is 38.5. The van der Waals surface area contributed by atoms with Crippen molar-refractivity contribution in [2.24, 2.45) is 7.05 Å². The van der Waals surface area contributed by atoms with E-state index in [1.54, 1.807) is 35.0 Å². The van der Waals surface area contributed by atoms with Crippen molar-refractivity contribution >= 4 is 28.4 Å². The molecule has 7 nitrogen and oxygen atoms in total. The van der Waals surface area contributed by atoms with E-state index in [4.69, 9.17) is 16.3 Å². The molecule has 1 amide bonds. The van der Waals surface area contributed by atoms with Crippen LogP contribution in [0.2, 0.25) is 5.02 Å². The molecule has 2 aliphatic rings. The molecule has 2 fully saturated rings. The van der Waals surface area contributed by atoms with Crippen LogP contribution in [-0.4, -0.2) is 57.5 Å². The topological polar surface area (TPSA) is 79.6 Å². The van der Waals surface area contributed by atoms with Crippen LogP contribution in [-0.2, 0) is 17.8 Å². The maximum absolute atomic E-state index is 15.5. The van der Waals surface area contributed by atoms with Gasteiger partial charge in [0, 0.05) is 30.7 Å². The maximum Gasteiger partial charge on any atom is 0.349 e. The first-order valence-electron chi connectivity index (χ1n) is 14.3. The molecular weight excluding hydrogens is 562 g/mol. The summed E-state index contributed by atoms with van der Waals surface area (Å²) in [6.45, 7) is 1.78. The van der Waals surface area contributed by atoms with Gasteiger partial charge in [0.05, 0.1) is 22.7 Å². The Bertz CT molecular complexity index is 1580. The van der Waals surface area contributed by atoms with Crippen LogP contribution in [0, 0.1) is 0 Å². The molecule has 2 atom stereocenters. The van der Waals surface area contributed by atoms with Gasteiger partial charge in [-0.25, -0.2) is 0 Å². The summed E-state index contributed by atoms with van der Waals surface area (Å²) in [4.78, 5) is 15.2. The van der Waals surface area contributed by atoms with Crippen molar-refractivity contribution in [3.05, 3.63) is 83.0 Å². The lowest BCUT2D eigenvalue weighted by atomic mass is 9.98. The zero-order valence-electron chi connectivity index (χ0n) is 23.3. The van der Waals surface area contributed by atoms with Gasteiger partial charge in [-0.15, -0.1) is 0 Å². The van der Waals surface area contributed by atoms with Crippen LogP contribution in [0.1, 0.15) is 42.9 Å². The fourth-order valence-electron chi connectivity index (χ4n) is 5.44. The molecular formula is C32H33ClF2N4O3. The van der Waals surface area contributed by atoms with Crippen molar-refractivity contribution in [3.63, 3.8) is 0 Å². The minimum absolute atomic E-state index is 0.154. The second-order valence-corrected chi connectivity index (χ2v) is 11.7. The van der Waals surface area contributed by atoms with Gasteiger partial charge in [-0.3, -0.25) is 9.48 Å². The average molecular weight is 595 g/mol. The third kappa shape index (κ3) is 6.14. The van der Waals surface area contributed by atoms with Crippen LogP contribution in [0.4, 0.5) is 8.78 Å². The molecule has 4 aromatic rings. The number of carbonyl (C=O) groups excluding carboxylic acids is 1. The van der Waals surface area contributed by atoms with Crippen molar-refractivity contribution in [1.29, 1.82) is 0 Å². The highest BCUT2D eigenvalue weighted by Crippen LogP contribution is 2.35. The number of aromatic nitrogens is 2. The second-order valence-electron chi connectivity index (χ2n) is 11.3. The first kappa shape index (κ1) is 28.6. The zero-order valence-corrected chi connectivity index (χ0v) is 24.0. The Morgan fingerprint density at radius 3 is 2.50 bits per heavy atom. The van der Waals surface area contributed by atoms with Gasteiger partial charge >= 0.3 is 5.92 Å². The molecule has 1 aromatic heterocycles. The van der Waals surface area contributed by atoms with Crippen molar-refractivity contribution in [2.75, 3.05) is 19.6 Å². The number of aliphatic hydroxyl groups is 1. The molecule has 1 aliphatic heterocycles. The van der Waals surface area contributed by atoms with Gasteiger partial charge in [-0.05, 0) is 73.7 Å². The number of rotatable bonds is 10. The van der Waals surface area contributed by atoms with Gasteiger partial charge in [-0.2, -0.15) is 13.9 Å². The summed E-state index contributed by atoms with van der Waals surface area (Å²) >= 11 is 6.41. The van der Waals surface area contributed by atoms with Crippen molar-refractivity contribution in [3.8, 4) is 16.9 Å². The number of aryl methyl sites for hydroxylation is 1. The van der Waals surface area contributed by atoms with Crippen LogP contribution in [0.3, 0.4) is 0 Å². The Kier molecular flexibility index (Phi) is 7.91. The molecule has 42 heavy (non-hydrogen) atoms. The third-order valence-electron chi connectivity index (χ3n) is 7.95. The Morgan fingerprint density at radius 1 is 1.10 bits per heavy atom. The number of fused-ring (bicyclic) bond motifs is 1. The third-order valence-corrected chi connectivity index (χ3v) is 8.25. The predicted octanol–water partition coefficient (Wildman–Crippen LogP) is 5.84. The quantitative estimate of drug-likeness (QED) is 0.241. The van der Waals surface area contributed by atoms with Crippen LogP contribution in [0.25, 0.3) is 22.0 Å². The first-order valence-corrected chi connectivity index (χ1v) is 14.6. The highest BCUT2D eigenvalue weighted by atomic mass is 35.5. The fraction of sp³-hybridized carbons (Fsp3) is 0.375. The number of aliphatic hydroxyl groups excluding tert-OH is 1. The minimum Gasteiger partial charge on any atom is -0.489 e. The lowest BCUT2D eigenvalue weighted by molar-refractivity contribution is -0.149. The van der Waals surface area contributed by atoms with Gasteiger partial charge in [0.2, 0.25) is 0 Å². The molecule has 2 N–H and O–H groups in total. The standard InChI is InChI=1S/C32H33ClF2N4O3/c1-38-18-23-5-4-21(17-27(23)37-38)20-6-9-24(10-7-20)32(34,35)31(41)36-28(19-39-14-2-3-15-39)30(40)22-8-13-29(26(33)16-22)42-25-11-12-25/h4-10,13,16-18,25,28,30,40H,2-3,11-12,14-15,19H2,1H3,(H,36,41). The summed E-state index contributed by atoms with van der Waals surface area (Å²) in [5, 5.41) is 19.5. The highest BCUT2D eigenvalue weighted by Gasteiger charge is 2.43. The zero-order chi connectivity index (χ0) is 29.4. The summed E-state index contributed by atoms with van der Waals surface area (Å²) in [5.41, 5.74) is 2.36. The molecule has 220 valence electrons. The van der Waals surface area contributed by atoms with E-state index in [9.17, 15) is 9.90 Å². The largest absolute Gasteiger partial charge is 0.489 e. The van der Waals surface area contributed by atoms with Gasteiger partial charge < -0.3 is 20.1 Å². The summed E-state index contributed by atoms with van der Waals surface area (Å²) in [5.74, 6) is -4.76. The molecule has 1 aliphatic carbocycles. The lowest BCUT2D eigenvalue weighted by Crippen LogP contribution is -2.50. The first-order chi connectivity index (χ1) is 20.2. The van der Waals surface area contributed by atoms with Crippen LogP contribution >= 0.6 is 11.6 Å². The monoisotopic (exact) mass is 594 g/mol. The molecule has 0 radical (unpaired) electrons. The minimum atomic E-state index is -3.81. The number of alkyl halides is 2. The Labute approximate surface area is 248 Å². The van der Waals surface area contributed by atoms with Gasteiger partial charge in [-0.1, -0.05) is 54.1 Å². The SMILES string of the molecule is Cn1cc2ccc(-c3ccc(C(F)(F)C(=O)NC(CN4CCCC4)C(O)c4ccc(OC5CC5)c(Cl)c4)cc3)cc2n1. The Balaban J connectivity index is 1.19. The highest BCUT2D eigenvalue weighted by molar-refractivity contribution is 6.32. The molecule has 3 aromatic carbocycles. The molecule has 2 unspecified atom stereocenters. The van der Waals surface area contributed by atoms with Gasteiger partial charge in [0.15, 0.2) is 0 Å². The number of carbonyl (C=O) groups is 1. The van der Waals surface area contributed by atoms with Crippen LogP contribution < -0.4 is 10.1 Å². The van der Waals surface area contributed by atoms with Crippen molar-refractivity contribution in [1.82, 2.24) is 20.0 Å². The van der Waals surface area contributed by atoms with E-state index in [2.05, 4.69) is 15.3 Å². The van der Waals surface area contributed by atoms with E-state index in [0.717, 1.165) is 60.8 Å². The fourth-order valence-corrected chi connectivity index (χ4v) is 5.68. The van der Waals surface area contributed by atoms with E-state index < -0.39 is 29.5 Å². The molecule has 6 rings (SSSR count). The molecule has 1 saturated heterocycles. The number of ether oxygens (including phenoxy) is 1. The number of halogens is 3. The molecule has 2 heterocycles. The van der Waals surface area contributed by atoms with E-state index in [0.29, 0.717) is 16.3 Å². The molecule has 10 heteroatoms. The van der Waals surface area contributed by atoms with E-state index >= 15 is 8.78 Å². The van der Waals surface area contributed by atoms with Crippen LogP contribution in [0.15, 0.2) is 66.9 Å².